The number of aliphatic hydroxyl groups is 3. The molecule has 7 nitrogen and oxygen atoms in total. The fraction of sp³-hybridized carbons (Fsp3) is 0.400. The fourth-order valence-corrected chi connectivity index (χ4v) is 4.07. The smallest absolute Gasteiger partial charge is 0.164 e. The molecule has 5 atom stereocenters. The van der Waals surface area contributed by atoms with Crippen molar-refractivity contribution < 1.29 is 20.1 Å². The summed E-state index contributed by atoms with van der Waals surface area (Å²) in [7, 11) is 0. The summed E-state index contributed by atoms with van der Waals surface area (Å²) in [6, 6.07) is 7.68. The summed E-state index contributed by atoms with van der Waals surface area (Å²) in [5.74, 6) is 0. The largest absolute Gasteiger partial charge is 0.387 e. The van der Waals surface area contributed by atoms with Gasteiger partial charge in [0.25, 0.3) is 0 Å². The van der Waals surface area contributed by atoms with Crippen LogP contribution in [-0.2, 0) is 17.6 Å². The van der Waals surface area contributed by atoms with E-state index in [1.165, 1.54) is 17.5 Å². The minimum absolute atomic E-state index is 0.620. The number of nitrogens with zero attached hydrogens (tertiary/aromatic N) is 3. The third-order valence-corrected chi connectivity index (χ3v) is 5.80. The van der Waals surface area contributed by atoms with Gasteiger partial charge in [0.05, 0.1) is 5.69 Å². The molecule has 1 unspecified atom stereocenters. The van der Waals surface area contributed by atoms with Crippen molar-refractivity contribution in [3.63, 3.8) is 0 Å². The normalized spacial score (nSPS) is 28.1. The third kappa shape index (κ3) is 2.50. The predicted octanol–water partition coefficient (Wildman–Crippen LogP) is 1.19. The van der Waals surface area contributed by atoms with Gasteiger partial charge in [0.1, 0.15) is 36.4 Å². The summed E-state index contributed by atoms with van der Waals surface area (Å²) in [4.78, 5) is 8.45. The van der Waals surface area contributed by atoms with E-state index in [0.717, 1.165) is 23.9 Å². The van der Waals surface area contributed by atoms with Gasteiger partial charge in [-0.15, -0.1) is 0 Å². The fourth-order valence-electron chi connectivity index (χ4n) is 4.07. The Morgan fingerprint density at radius 3 is 2.67 bits per heavy atom. The standard InChI is InChI=1S/C20H21N3O4/c1-10-14-6-7-23(19(14)22-9-21-10)20-17(26)16(25)18(27-20)15(24)13-5-3-11-2-4-12(11)8-13/h3,5-9,15-18,20,24-26H,2,4H2,1H3/t15?,16-,17+,18+,20+/m0/s1. The highest BCUT2D eigenvalue weighted by Gasteiger charge is 2.47. The van der Waals surface area contributed by atoms with E-state index < -0.39 is 30.6 Å². The Kier molecular flexibility index (Phi) is 3.80. The Morgan fingerprint density at radius 1 is 1.11 bits per heavy atom. The van der Waals surface area contributed by atoms with Crippen LogP contribution in [0.25, 0.3) is 11.0 Å². The third-order valence-electron chi connectivity index (χ3n) is 5.80. The molecular weight excluding hydrogens is 346 g/mol. The number of aliphatic hydroxyl groups excluding tert-OH is 3. The molecule has 5 rings (SSSR count). The summed E-state index contributed by atoms with van der Waals surface area (Å²) >= 11 is 0. The Bertz CT molecular complexity index is 1020. The van der Waals surface area contributed by atoms with Gasteiger partial charge in [-0.1, -0.05) is 18.2 Å². The summed E-state index contributed by atoms with van der Waals surface area (Å²) in [5, 5.41) is 32.8. The molecule has 1 aliphatic carbocycles. The Hall–Kier alpha value is -2.32. The van der Waals surface area contributed by atoms with Crippen LogP contribution in [-0.4, -0.2) is 48.2 Å². The first kappa shape index (κ1) is 16.8. The Labute approximate surface area is 155 Å². The van der Waals surface area contributed by atoms with E-state index in [9.17, 15) is 15.3 Å². The minimum Gasteiger partial charge on any atom is -0.387 e. The summed E-state index contributed by atoms with van der Waals surface area (Å²) in [5.41, 5.74) is 4.66. The lowest BCUT2D eigenvalue weighted by Crippen LogP contribution is -2.35. The van der Waals surface area contributed by atoms with Crippen LogP contribution in [0.2, 0.25) is 0 Å². The highest BCUT2D eigenvalue weighted by molar-refractivity contribution is 5.78. The van der Waals surface area contributed by atoms with Crippen molar-refractivity contribution in [2.45, 2.75) is 50.4 Å². The topological polar surface area (TPSA) is 101 Å². The molecule has 2 aromatic heterocycles. The van der Waals surface area contributed by atoms with Gasteiger partial charge in [0.2, 0.25) is 0 Å². The summed E-state index contributed by atoms with van der Waals surface area (Å²) in [6.45, 7) is 1.88. The molecular formula is C20H21N3O4. The number of aromatic nitrogens is 3. The van der Waals surface area contributed by atoms with Crippen molar-refractivity contribution in [1.82, 2.24) is 14.5 Å². The second kappa shape index (κ2) is 6.10. The summed E-state index contributed by atoms with van der Waals surface area (Å²) in [6.07, 6.45) is 0.108. The van der Waals surface area contributed by atoms with E-state index in [2.05, 4.69) is 9.97 Å². The Balaban J connectivity index is 1.46. The first-order valence-corrected chi connectivity index (χ1v) is 9.14. The van der Waals surface area contributed by atoms with Crippen LogP contribution in [0.1, 0.15) is 34.7 Å². The number of hydrogen-bond acceptors (Lipinski definition) is 6. The van der Waals surface area contributed by atoms with E-state index in [1.54, 1.807) is 10.8 Å². The molecule has 3 aromatic rings. The van der Waals surface area contributed by atoms with Gasteiger partial charge in [-0.25, -0.2) is 9.97 Å². The zero-order valence-electron chi connectivity index (χ0n) is 14.9. The molecule has 1 fully saturated rings. The molecule has 0 spiro atoms. The second-order valence-corrected chi connectivity index (χ2v) is 7.36. The molecule has 3 heterocycles. The van der Waals surface area contributed by atoms with E-state index in [4.69, 9.17) is 4.74 Å². The van der Waals surface area contributed by atoms with Crippen LogP contribution in [0.15, 0.2) is 36.8 Å². The molecule has 0 radical (unpaired) electrons. The van der Waals surface area contributed by atoms with Crippen LogP contribution >= 0.6 is 0 Å². The van der Waals surface area contributed by atoms with Crippen molar-refractivity contribution in [3.8, 4) is 0 Å². The quantitative estimate of drug-likeness (QED) is 0.643. The van der Waals surface area contributed by atoms with Gasteiger partial charge in [0.15, 0.2) is 6.23 Å². The lowest BCUT2D eigenvalue weighted by Gasteiger charge is -2.25. The first-order chi connectivity index (χ1) is 13.0. The van der Waals surface area contributed by atoms with Crippen LogP contribution in [0, 0.1) is 6.92 Å². The highest BCUT2D eigenvalue weighted by Crippen LogP contribution is 2.38. The number of fused-ring (bicyclic) bond motifs is 2. The number of ether oxygens (including phenoxy) is 1. The molecule has 1 aromatic carbocycles. The van der Waals surface area contributed by atoms with Crippen molar-refractivity contribution in [2.75, 3.05) is 0 Å². The number of benzene rings is 1. The van der Waals surface area contributed by atoms with Gasteiger partial charge in [0, 0.05) is 11.6 Å². The molecule has 140 valence electrons. The van der Waals surface area contributed by atoms with Crippen molar-refractivity contribution in [1.29, 1.82) is 0 Å². The lowest BCUT2D eigenvalue weighted by molar-refractivity contribution is -0.0848. The maximum absolute atomic E-state index is 10.8. The average Bonchev–Trinajstić information content (AvgIpc) is 3.19. The van der Waals surface area contributed by atoms with E-state index in [0.29, 0.717) is 11.2 Å². The molecule has 0 saturated carbocycles. The van der Waals surface area contributed by atoms with Crippen molar-refractivity contribution >= 4 is 11.0 Å². The predicted molar refractivity (Wildman–Crippen MR) is 97.0 cm³/mol. The van der Waals surface area contributed by atoms with Gasteiger partial charge >= 0.3 is 0 Å². The zero-order chi connectivity index (χ0) is 18.7. The molecule has 2 aliphatic rings. The van der Waals surface area contributed by atoms with E-state index >= 15 is 0 Å². The van der Waals surface area contributed by atoms with Crippen LogP contribution in [0.5, 0.6) is 0 Å². The second-order valence-electron chi connectivity index (χ2n) is 7.36. The monoisotopic (exact) mass is 367 g/mol. The molecule has 1 saturated heterocycles. The zero-order valence-corrected chi connectivity index (χ0v) is 14.9. The SMILES string of the molecule is Cc1ncnc2c1ccn2[C@@H]1O[C@H](C(O)c2ccc3c(c2)CC3)[C@@H](O)[C@H]1O. The molecule has 27 heavy (non-hydrogen) atoms. The van der Waals surface area contributed by atoms with E-state index in [1.807, 2.05) is 31.2 Å². The van der Waals surface area contributed by atoms with Gasteiger partial charge in [-0.3, -0.25) is 0 Å². The van der Waals surface area contributed by atoms with E-state index in [-0.39, 0.29) is 0 Å². The van der Waals surface area contributed by atoms with Gasteiger partial charge < -0.3 is 24.6 Å². The van der Waals surface area contributed by atoms with Crippen LogP contribution in [0.3, 0.4) is 0 Å². The molecule has 0 bridgehead atoms. The maximum atomic E-state index is 10.8. The van der Waals surface area contributed by atoms with Crippen molar-refractivity contribution in [2.24, 2.45) is 0 Å². The van der Waals surface area contributed by atoms with Gasteiger partial charge in [-0.05, 0) is 42.5 Å². The maximum Gasteiger partial charge on any atom is 0.164 e. The first-order valence-electron chi connectivity index (χ1n) is 9.14. The average molecular weight is 367 g/mol. The summed E-state index contributed by atoms with van der Waals surface area (Å²) < 4.78 is 7.62. The molecule has 1 aliphatic heterocycles. The van der Waals surface area contributed by atoms with Crippen LogP contribution in [0.4, 0.5) is 0 Å². The Morgan fingerprint density at radius 2 is 1.93 bits per heavy atom. The molecule has 3 N–H and O–H groups in total. The number of hydrogen-bond donors (Lipinski definition) is 3. The molecule has 0 amide bonds. The number of aryl methyl sites for hydroxylation is 3. The highest BCUT2D eigenvalue weighted by atomic mass is 16.6. The minimum atomic E-state index is -1.21. The van der Waals surface area contributed by atoms with Crippen molar-refractivity contribution in [3.05, 3.63) is 59.2 Å². The number of rotatable bonds is 3. The van der Waals surface area contributed by atoms with Crippen LogP contribution < -0.4 is 0 Å². The lowest BCUT2D eigenvalue weighted by atomic mass is 9.85. The molecule has 7 heteroatoms. The van der Waals surface area contributed by atoms with Gasteiger partial charge in [-0.2, -0.15) is 0 Å².